The van der Waals surface area contributed by atoms with E-state index in [1.807, 2.05) is 13.8 Å². The van der Waals surface area contributed by atoms with Gasteiger partial charge in [0.1, 0.15) is 0 Å². The van der Waals surface area contributed by atoms with Crippen molar-refractivity contribution in [1.82, 2.24) is 15.5 Å². The Labute approximate surface area is 117 Å². The molecule has 6 heteroatoms. The smallest absolute Gasteiger partial charge is 0.257 e. The zero-order valence-electron chi connectivity index (χ0n) is 11.7. The molecule has 0 radical (unpaired) electrons. The summed E-state index contributed by atoms with van der Waals surface area (Å²) in [4.78, 5) is 16.1. The Morgan fingerprint density at radius 1 is 1.55 bits per heavy atom. The van der Waals surface area contributed by atoms with Gasteiger partial charge in [-0.2, -0.15) is 0 Å². The molecule has 0 spiro atoms. The van der Waals surface area contributed by atoms with E-state index in [1.165, 1.54) is 6.20 Å². The zero-order valence-corrected chi connectivity index (χ0v) is 11.7. The van der Waals surface area contributed by atoms with Crippen molar-refractivity contribution in [3.8, 4) is 0 Å². The van der Waals surface area contributed by atoms with E-state index in [2.05, 4.69) is 15.5 Å². The number of amides is 1. The molecule has 0 fully saturated rings. The molecule has 1 atom stereocenters. The monoisotopic (exact) mass is 277 g/mol. The van der Waals surface area contributed by atoms with E-state index in [1.54, 1.807) is 6.07 Å². The Balaban J connectivity index is 1.92. The van der Waals surface area contributed by atoms with Gasteiger partial charge in [-0.15, -0.1) is 0 Å². The van der Waals surface area contributed by atoms with Crippen LogP contribution in [0.2, 0.25) is 0 Å². The standard InChI is InChI=1S/C14H19N3O3/c1-9(8-18)4-3-5-15-13(19)11-6-12-10(2)17-20-14(12)16-7-11/h6-7,9,18H,3-5,8H2,1-2H3,(H,15,19). The third-order valence-corrected chi connectivity index (χ3v) is 3.24. The Kier molecular flexibility index (Phi) is 4.68. The summed E-state index contributed by atoms with van der Waals surface area (Å²) in [6, 6.07) is 1.74. The number of nitrogens with zero attached hydrogens (tertiary/aromatic N) is 2. The lowest BCUT2D eigenvalue weighted by Gasteiger charge is -2.08. The first-order chi connectivity index (χ1) is 9.61. The van der Waals surface area contributed by atoms with Crippen molar-refractivity contribution >= 4 is 17.0 Å². The van der Waals surface area contributed by atoms with E-state index in [0.29, 0.717) is 17.8 Å². The first kappa shape index (κ1) is 14.5. The number of rotatable bonds is 6. The number of fused-ring (bicyclic) bond motifs is 1. The molecule has 0 aromatic carbocycles. The molecule has 0 aliphatic rings. The van der Waals surface area contributed by atoms with Gasteiger partial charge in [0.2, 0.25) is 0 Å². The number of carbonyl (C=O) groups is 1. The van der Waals surface area contributed by atoms with Crippen LogP contribution in [0.4, 0.5) is 0 Å². The quantitative estimate of drug-likeness (QED) is 0.784. The maximum atomic E-state index is 12.0. The molecule has 1 amide bonds. The number of hydrogen-bond donors (Lipinski definition) is 2. The van der Waals surface area contributed by atoms with E-state index in [9.17, 15) is 4.79 Å². The van der Waals surface area contributed by atoms with Crippen LogP contribution in [0.3, 0.4) is 0 Å². The summed E-state index contributed by atoms with van der Waals surface area (Å²) in [6.45, 7) is 4.56. The van der Waals surface area contributed by atoms with E-state index >= 15 is 0 Å². The molecule has 0 saturated heterocycles. The Bertz CT molecular complexity index is 594. The minimum atomic E-state index is -0.156. The normalized spacial score (nSPS) is 12.6. The number of aryl methyl sites for hydroxylation is 1. The van der Waals surface area contributed by atoms with Gasteiger partial charge in [-0.05, 0) is 31.7 Å². The number of aromatic nitrogens is 2. The number of carbonyl (C=O) groups excluding carboxylic acids is 1. The lowest BCUT2D eigenvalue weighted by atomic mass is 10.1. The summed E-state index contributed by atoms with van der Waals surface area (Å²) in [5, 5.41) is 16.3. The van der Waals surface area contributed by atoms with Crippen LogP contribution in [-0.4, -0.2) is 34.3 Å². The van der Waals surface area contributed by atoms with E-state index in [4.69, 9.17) is 9.63 Å². The third-order valence-electron chi connectivity index (χ3n) is 3.24. The molecule has 6 nitrogen and oxygen atoms in total. The fourth-order valence-electron chi connectivity index (χ4n) is 1.92. The van der Waals surface area contributed by atoms with Crippen LogP contribution >= 0.6 is 0 Å². The topological polar surface area (TPSA) is 88.2 Å². The van der Waals surface area contributed by atoms with Crippen LogP contribution in [0, 0.1) is 12.8 Å². The van der Waals surface area contributed by atoms with Gasteiger partial charge in [-0.25, -0.2) is 4.98 Å². The molecule has 2 aromatic rings. The summed E-state index contributed by atoms with van der Waals surface area (Å²) in [5.41, 5.74) is 1.66. The van der Waals surface area contributed by atoms with Gasteiger partial charge in [-0.1, -0.05) is 12.1 Å². The molecular formula is C14H19N3O3. The van der Waals surface area contributed by atoms with Crippen molar-refractivity contribution in [2.45, 2.75) is 26.7 Å². The molecule has 0 aliphatic heterocycles. The average Bonchev–Trinajstić information content (AvgIpc) is 2.84. The summed E-state index contributed by atoms with van der Waals surface area (Å²) in [7, 11) is 0. The molecule has 0 aliphatic carbocycles. The van der Waals surface area contributed by atoms with Gasteiger partial charge < -0.3 is 14.9 Å². The highest BCUT2D eigenvalue weighted by Gasteiger charge is 2.11. The van der Waals surface area contributed by atoms with Gasteiger partial charge in [0.25, 0.3) is 11.6 Å². The average molecular weight is 277 g/mol. The van der Waals surface area contributed by atoms with Crippen molar-refractivity contribution in [1.29, 1.82) is 0 Å². The van der Waals surface area contributed by atoms with E-state index < -0.39 is 0 Å². The summed E-state index contributed by atoms with van der Waals surface area (Å²) in [6.07, 6.45) is 3.22. The summed E-state index contributed by atoms with van der Waals surface area (Å²) < 4.78 is 5.00. The molecule has 1 unspecified atom stereocenters. The van der Waals surface area contributed by atoms with E-state index in [0.717, 1.165) is 23.9 Å². The SMILES string of the molecule is Cc1noc2ncc(C(=O)NCCCC(C)CO)cc12. The largest absolute Gasteiger partial charge is 0.396 e. The molecule has 108 valence electrons. The fourth-order valence-corrected chi connectivity index (χ4v) is 1.92. The third kappa shape index (κ3) is 3.33. The predicted octanol–water partition coefficient (Wildman–Crippen LogP) is 1.67. The molecule has 2 rings (SSSR count). The van der Waals surface area contributed by atoms with Crippen LogP contribution in [0.5, 0.6) is 0 Å². The van der Waals surface area contributed by atoms with Crippen molar-refractivity contribution in [2.24, 2.45) is 5.92 Å². The molecule has 2 N–H and O–H groups in total. The zero-order chi connectivity index (χ0) is 14.5. The van der Waals surface area contributed by atoms with Crippen LogP contribution < -0.4 is 5.32 Å². The second-order valence-corrected chi connectivity index (χ2v) is 5.03. The Hall–Kier alpha value is -1.95. The molecule has 0 saturated carbocycles. The maximum Gasteiger partial charge on any atom is 0.257 e. The Morgan fingerprint density at radius 2 is 2.35 bits per heavy atom. The molecular weight excluding hydrogens is 258 g/mol. The number of aliphatic hydroxyl groups is 1. The second-order valence-electron chi connectivity index (χ2n) is 5.03. The molecule has 2 heterocycles. The minimum Gasteiger partial charge on any atom is -0.396 e. The summed E-state index contributed by atoms with van der Waals surface area (Å²) >= 11 is 0. The van der Waals surface area contributed by atoms with Crippen molar-refractivity contribution in [2.75, 3.05) is 13.2 Å². The predicted molar refractivity (Wildman–Crippen MR) is 74.4 cm³/mol. The van der Waals surface area contributed by atoms with Gasteiger partial charge in [-0.3, -0.25) is 4.79 Å². The highest BCUT2D eigenvalue weighted by atomic mass is 16.5. The van der Waals surface area contributed by atoms with Gasteiger partial charge in [0.15, 0.2) is 0 Å². The number of aliphatic hydroxyl groups excluding tert-OH is 1. The van der Waals surface area contributed by atoms with Crippen LogP contribution in [0.25, 0.3) is 11.1 Å². The van der Waals surface area contributed by atoms with Crippen LogP contribution in [-0.2, 0) is 0 Å². The summed E-state index contributed by atoms with van der Waals surface area (Å²) in [5.74, 6) is 0.112. The van der Waals surface area contributed by atoms with Crippen molar-refractivity contribution < 1.29 is 14.4 Å². The van der Waals surface area contributed by atoms with Gasteiger partial charge in [0.05, 0.1) is 16.6 Å². The van der Waals surface area contributed by atoms with Crippen molar-refractivity contribution in [3.05, 3.63) is 23.5 Å². The fraction of sp³-hybridized carbons (Fsp3) is 0.500. The second kappa shape index (κ2) is 6.47. The molecule has 0 bridgehead atoms. The highest BCUT2D eigenvalue weighted by Crippen LogP contribution is 2.16. The van der Waals surface area contributed by atoms with Crippen LogP contribution in [0.1, 0.15) is 35.8 Å². The highest BCUT2D eigenvalue weighted by molar-refractivity contribution is 5.96. The van der Waals surface area contributed by atoms with Gasteiger partial charge in [0, 0.05) is 19.3 Å². The molecule has 2 aromatic heterocycles. The van der Waals surface area contributed by atoms with Crippen molar-refractivity contribution in [3.63, 3.8) is 0 Å². The minimum absolute atomic E-state index is 0.156. The van der Waals surface area contributed by atoms with E-state index in [-0.39, 0.29) is 18.4 Å². The van der Waals surface area contributed by atoms with Crippen LogP contribution in [0.15, 0.2) is 16.8 Å². The first-order valence-electron chi connectivity index (χ1n) is 6.73. The number of nitrogens with one attached hydrogen (secondary N) is 1. The lowest BCUT2D eigenvalue weighted by molar-refractivity contribution is 0.0952. The number of hydrogen-bond acceptors (Lipinski definition) is 5. The Morgan fingerprint density at radius 3 is 3.10 bits per heavy atom. The first-order valence-corrected chi connectivity index (χ1v) is 6.73. The molecule has 20 heavy (non-hydrogen) atoms. The van der Waals surface area contributed by atoms with Gasteiger partial charge >= 0.3 is 0 Å². The lowest BCUT2D eigenvalue weighted by Crippen LogP contribution is -2.25. The maximum absolute atomic E-state index is 12.0. The number of pyridine rings is 1.